The minimum Gasteiger partial charge on any atom is -0.351 e. The van der Waals surface area contributed by atoms with E-state index < -0.39 is 0 Å². The standard InChI is InChI=1S/C16H20N4OS/c1-12(21)19-10-14-9-13(4-5-17-14)15-3-2-7-20(15)11-16-18-6-8-22-16/h4-6,8-9,15H,2-3,7,10-11H2,1H3,(H,19,21)/t15-/m1/s1. The van der Waals surface area contributed by atoms with Gasteiger partial charge in [-0.05, 0) is 37.1 Å². The van der Waals surface area contributed by atoms with Crippen molar-refractivity contribution in [3.05, 3.63) is 46.2 Å². The topological polar surface area (TPSA) is 58.1 Å². The summed E-state index contributed by atoms with van der Waals surface area (Å²) in [7, 11) is 0. The number of nitrogens with zero attached hydrogens (tertiary/aromatic N) is 3. The lowest BCUT2D eigenvalue weighted by Gasteiger charge is -2.24. The van der Waals surface area contributed by atoms with Crippen molar-refractivity contribution in [3.8, 4) is 0 Å². The molecule has 116 valence electrons. The Kier molecular flexibility index (Phi) is 4.80. The molecule has 5 nitrogen and oxygen atoms in total. The van der Waals surface area contributed by atoms with Crippen LogP contribution in [0.3, 0.4) is 0 Å². The molecule has 3 heterocycles. The highest BCUT2D eigenvalue weighted by atomic mass is 32.1. The van der Waals surface area contributed by atoms with Gasteiger partial charge in [0.1, 0.15) is 5.01 Å². The quantitative estimate of drug-likeness (QED) is 0.921. The number of hydrogen-bond donors (Lipinski definition) is 1. The Morgan fingerprint density at radius 2 is 2.36 bits per heavy atom. The van der Waals surface area contributed by atoms with Gasteiger partial charge in [0.05, 0.1) is 18.8 Å². The fourth-order valence-electron chi connectivity index (χ4n) is 2.91. The molecule has 0 bridgehead atoms. The van der Waals surface area contributed by atoms with Crippen LogP contribution in [0.5, 0.6) is 0 Å². The van der Waals surface area contributed by atoms with Gasteiger partial charge in [0.2, 0.25) is 5.91 Å². The number of amides is 1. The van der Waals surface area contributed by atoms with E-state index in [9.17, 15) is 4.79 Å². The fraction of sp³-hybridized carbons (Fsp3) is 0.438. The van der Waals surface area contributed by atoms with Crippen LogP contribution in [0.1, 0.15) is 42.1 Å². The van der Waals surface area contributed by atoms with Crippen LogP contribution in [0.4, 0.5) is 0 Å². The minimum absolute atomic E-state index is 0.0292. The summed E-state index contributed by atoms with van der Waals surface area (Å²) < 4.78 is 0. The molecule has 0 saturated carbocycles. The molecule has 2 aromatic heterocycles. The Morgan fingerprint density at radius 3 is 3.14 bits per heavy atom. The Balaban J connectivity index is 1.71. The highest BCUT2D eigenvalue weighted by molar-refractivity contribution is 7.09. The van der Waals surface area contributed by atoms with Crippen molar-refractivity contribution in [3.63, 3.8) is 0 Å². The summed E-state index contributed by atoms with van der Waals surface area (Å²) in [4.78, 5) is 22.2. The van der Waals surface area contributed by atoms with Crippen molar-refractivity contribution < 1.29 is 4.79 Å². The predicted octanol–water partition coefficient (Wildman–Crippen LogP) is 2.51. The van der Waals surface area contributed by atoms with Crippen LogP contribution in [0, 0.1) is 0 Å². The molecule has 0 aliphatic carbocycles. The van der Waals surface area contributed by atoms with Crippen LogP contribution in [0.2, 0.25) is 0 Å². The van der Waals surface area contributed by atoms with Gasteiger partial charge < -0.3 is 5.32 Å². The fourth-order valence-corrected chi connectivity index (χ4v) is 3.55. The van der Waals surface area contributed by atoms with E-state index in [1.165, 1.54) is 23.9 Å². The zero-order valence-corrected chi connectivity index (χ0v) is 13.5. The average molecular weight is 316 g/mol. The lowest BCUT2D eigenvalue weighted by atomic mass is 10.0. The molecule has 0 aromatic carbocycles. The first-order chi connectivity index (χ1) is 10.7. The van der Waals surface area contributed by atoms with Gasteiger partial charge in [0.25, 0.3) is 0 Å². The van der Waals surface area contributed by atoms with Crippen molar-refractivity contribution in [2.45, 2.75) is 38.9 Å². The number of pyridine rings is 1. The van der Waals surface area contributed by atoms with Crippen LogP contribution in [0.25, 0.3) is 0 Å². The second-order valence-corrected chi connectivity index (χ2v) is 6.52. The van der Waals surface area contributed by atoms with Gasteiger partial charge in [-0.25, -0.2) is 4.98 Å². The summed E-state index contributed by atoms with van der Waals surface area (Å²) >= 11 is 1.71. The lowest BCUT2D eigenvalue weighted by molar-refractivity contribution is -0.119. The first kappa shape index (κ1) is 15.1. The number of hydrogen-bond acceptors (Lipinski definition) is 5. The number of carbonyl (C=O) groups is 1. The third-order valence-corrected chi connectivity index (χ3v) is 4.69. The van der Waals surface area contributed by atoms with Crippen LogP contribution < -0.4 is 5.32 Å². The molecular formula is C16H20N4OS. The minimum atomic E-state index is -0.0292. The number of nitrogens with one attached hydrogen (secondary N) is 1. The predicted molar refractivity (Wildman–Crippen MR) is 86.3 cm³/mol. The molecule has 3 rings (SSSR count). The Hall–Kier alpha value is -1.79. The SMILES string of the molecule is CC(=O)NCc1cc([C@H]2CCCN2Cc2nccs2)ccn1. The summed E-state index contributed by atoms with van der Waals surface area (Å²) in [5, 5.41) is 6.00. The molecule has 0 unspecified atom stereocenters. The van der Waals surface area contributed by atoms with Crippen LogP contribution in [0.15, 0.2) is 29.9 Å². The summed E-state index contributed by atoms with van der Waals surface area (Å²) in [6.45, 7) is 4.03. The van der Waals surface area contributed by atoms with E-state index in [4.69, 9.17) is 0 Å². The number of aromatic nitrogens is 2. The van der Waals surface area contributed by atoms with Gasteiger partial charge >= 0.3 is 0 Å². The Labute approximate surface area is 134 Å². The third-order valence-electron chi connectivity index (χ3n) is 3.93. The van der Waals surface area contributed by atoms with Crippen LogP contribution in [-0.4, -0.2) is 27.3 Å². The maximum absolute atomic E-state index is 11.0. The van der Waals surface area contributed by atoms with Gasteiger partial charge in [0.15, 0.2) is 0 Å². The molecule has 0 spiro atoms. The van der Waals surface area contributed by atoms with Crippen molar-refractivity contribution in [2.75, 3.05) is 6.54 Å². The smallest absolute Gasteiger partial charge is 0.217 e. The van der Waals surface area contributed by atoms with Crippen molar-refractivity contribution in [1.29, 1.82) is 0 Å². The highest BCUT2D eigenvalue weighted by Gasteiger charge is 2.26. The molecule has 6 heteroatoms. The van der Waals surface area contributed by atoms with E-state index in [2.05, 4.69) is 32.3 Å². The largest absolute Gasteiger partial charge is 0.351 e. The average Bonchev–Trinajstić information content (AvgIpc) is 3.18. The molecular weight excluding hydrogens is 296 g/mol. The summed E-state index contributed by atoms with van der Waals surface area (Å²) in [6.07, 6.45) is 6.07. The van der Waals surface area contributed by atoms with Gasteiger partial charge in [-0.3, -0.25) is 14.7 Å². The third kappa shape index (κ3) is 3.69. The van der Waals surface area contributed by atoms with Crippen molar-refractivity contribution >= 4 is 17.2 Å². The van der Waals surface area contributed by atoms with E-state index in [1.807, 2.05) is 17.8 Å². The number of likely N-dealkylation sites (tertiary alicyclic amines) is 1. The molecule has 1 saturated heterocycles. The normalized spacial score (nSPS) is 18.5. The van der Waals surface area contributed by atoms with E-state index in [1.54, 1.807) is 11.3 Å². The van der Waals surface area contributed by atoms with Gasteiger partial charge in [-0.2, -0.15) is 0 Å². The first-order valence-corrected chi connectivity index (χ1v) is 8.42. The number of thiazole rings is 1. The molecule has 1 atom stereocenters. The zero-order chi connectivity index (χ0) is 15.4. The van der Waals surface area contributed by atoms with E-state index in [0.29, 0.717) is 12.6 Å². The van der Waals surface area contributed by atoms with E-state index in [-0.39, 0.29) is 5.91 Å². The molecule has 22 heavy (non-hydrogen) atoms. The maximum Gasteiger partial charge on any atom is 0.217 e. The summed E-state index contributed by atoms with van der Waals surface area (Å²) in [6, 6.07) is 4.62. The molecule has 2 aromatic rings. The van der Waals surface area contributed by atoms with E-state index in [0.717, 1.165) is 25.2 Å². The monoisotopic (exact) mass is 316 g/mol. The zero-order valence-electron chi connectivity index (χ0n) is 12.7. The highest BCUT2D eigenvalue weighted by Crippen LogP contribution is 2.33. The molecule has 1 aliphatic rings. The second-order valence-electron chi connectivity index (χ2n) is 5.54. The van der Waals surface area contributed by atoms with Crippen molar-refractivity contribution in [2.24, 2.45) is 0 Å². The molecule has 1 N–H and O–H groups in total. The second kappa shape index (κ2) is 6.98. The van der Waals surface area contributed by atoms with Crippen molar-refractivity contribution in [1.82, 2.24) is 20.2 Å². The Morgan fingerprint density at radius 1 is 1.45 bits per heavy atom. The molecule has 1 amide bonds. The van der Waals surface area contributed by atoms with Gasteiger partial charge in [0, 0.05) is 30.7 Å². The lowest BCUT2D eigenvalue weighted by Crippen LogP contribution is -2.23. The number of rotatable bonds is 5. The molecule has 0 radical (unpaired) electrons. The van der Waals surface area contributed by atoms with Gasteiger partial charge in [-0.15, -0.1) is 11.3 Å². The first-order valence-electron chi connectivity index (χ1n) is 7.54. The summed E-state index contributed by atoms with van der Waals surface area (Å²) in [5.74, 6) is -0.0292. The van der Waals surface area contributed by atoms with Crippen LogP contribution >= 0.6 is 11.3 Å². The summed E-state index contributed by atoms with van der Waals surface area (Å²) in [5.41, 5.74) is 2.19. The molecule has 1 aliphatic heterocycles. The number of carbonyl (C=O) groups excluding carboxylic acids is 1. The maximum atomic E-state index is 11.0. The van der Waals surface area contributed by atoms with Crippen LogP contribution in [-0.2, 0) is 17.9 Å². The van der Waals surface area contributed by atoms with E-state index >= 15 is 0 Å². The molecule has 1 fully saturated rings. The van der Waals surface area contributed by atoms with Gasteiger partial charge in [-0.1, -0.05) is 0 Å². The Bertz CT molecular complexity index is 629.